The molecule has 4 nitrogen and oxygen atoms in total. The molecule has 2 rings (SSSR count). The van der Waals surface area contributed by atoms with Gasteiger partial charge in [0.1, 0.15) is 4.90 Å². The predicted octanol–water partition coefficient (Wildman–Crippen LogP) is 1.92. The summed E-state index contributed by atoms with van der Waals surface area (Å²) in [7, 11) is -3.66. The van der Waals surface area contributed by atoms with Gasteiger partial charge in [-0.15, -0.1) is 0 Å². The van der Waals surface area contributed by atoms with Gasteiger partial charge in [-0.2, -0.15) is 0 Å². The summed E-state index contributed by atoms with van der Waals surface area (Å²) in [5, 5.41) is 10.3. The van der Waals surface area contributed by atoms with Crippen LogP contribution in [-0.2, 0) is 10.0 Å². The Kier molecular flexibility index (Phi) is 3.96. The molecular formula is C12H16ClNO3S. The fraction of sp³-hybridized carbons (Fsp3) is 0.500. The lowest BCUT2D eigenvalue weighted by Crippen LogP contribution is -2.40. The van der Waals surface area contributed by atoms with Gasteiger partial charge < -0.3 is 5.11 Å². The minimum absolute atomic E-state index is 0.0422. The van der Waals surface area contributed by atoms with Crippen molar-refractivity contribution in [1.82, 2.24) is 4.72 Å². The minimum Gasteiger partial charge on any atom is -0.389 e. The van der Waals surface area contributed by atoms with Crippen LogP contribution in [0.25, 0.3) is 0 Å². The molecule has 18 heavy (non-hydrogen) atoms. The molecule has 1 saturated carbocycles. The molecule has 0 spiro atoms. The third-order valence-corrected chi connectivity index (χ3v) is 5.15. The highest BCUT2D eigenvalue weighted by atomic mass is 35.5. The molecule has 2 N–H and O–H groups in total. The van der Waals surface area contributed by atoms with Gasteiger partial charge in [0.25, 0.3) is 0 Å². The summed E-state index contributed by atoms with van der Waals surface area (Å²) in [6.07, 6.45) is 3.14. The van der Waals surface area contributed by atoms with Crippen molar-refractivity contribution >= 4 is 21.6 Å². The summed E-state index contributed by atoms with van der Waals surface area (Å²) >= 11 is 5.86. The van der Waals surface area contributed by atoms with E-state index in [-0.39, 0.29) is 16.5 Å². The number of rotatable bonds is 4. The lowest BCUT2D eigenvalue weighted by Gasteiger charge is -2.22. The highest BCUT2D eigenvalue weighted by Crippen LogP contribution is 2.29. The van der Waals surface area contributed by atoms with E-state index >= 15 is 0 Å². The molecule has 1 aliphatic carbocycles. The van der Waals surface area contributed by atoms with E-state index in [0.717, 1.165) is 12.8 Å². The molecule has 0 atom stereocenters. The first kappa shape index (κ1) is 13.8. The summed E-state index contributed by atoms with van der Waals surface area (Å²) in [6.45, 7) is 0.0422. The molecular weight excluding hydrogens is 274 g/mol. The fourth-order valence-corrected chi connectivity index (χ4v) is 3.82. The molecule has 1 aromatic rings. The molecule has 0 aliphatic heterocycles. The van der Waals surface area contributed by atoms with Crippen LogP contribution in [0.5, 0.6) is 0 Å². The zero-order chi connectivity index (χ0) is 13.2. The normalized spacial score (nSPS) is 19.0. The van der Waals surface area contributed by atoms with Gasteiger partial charge in [-0.1, -0.05) is 36.6 Å². The Hall–Kier alpha value is -0.620. The van der Waals surface area contributed by atoms with Gasteiger partial charge in [0.05, 0.1) is 10.6 Å². The average molecular weight is 290 g/mol. The van der Waals surface area contributed by atoms with Gasteiger partial charge in [0.2, 0.25) is 10.0 Å². The third kappa shape index (κ3) is 3.03. The van der Waals surface area contributed by atoms with Crippen LogP contribution in [0, 0.1) is 0 Å². The Morgan fingerprint density at radius 1 is 1.28 bits per heavy atom. The minimum atomic E-state index is -3.66. The molecule has 0 bridgehead atoms. The largest absolute Gasteiger partial charge is 0.389 e. The van der Waals surface area contributed by atoms with E-state index < -0.39 is 15.6 Å². The number of hydrogen-bond donors (Lipinski definition) is 2. The van der Waals surface area contributed by atoms with Crippen molar-refractivity contribution < 1.29 is 13.5 Å². The molecule has 100 valence electrons. The van der Waals surface area contributed by atoms with Gasteiger partial charge >= 0.3 is 0 Å². The molecule has 0 unspecified atom stereocenters. The summed E-state index contributed by atoms with van der Waals surface area (Å²) < 4.78 is 26.5. The van der Waals surface area contributed by atoms with Crippen molar-refractivity contribution in [1.29, 1.82) is 0 Å². The molecule has 1 aliphatic rings. The topological polar surface area (TPSA) is 66.4 Å². The Labute approximate surface area is 112 Å². The van der Waals surface area contributed by atoms with Crippen LogP contribution in [0.4, 0.5) is 0 Å². The van der Waals surface area contributed by atoms with E-state index in [1.807, 2.05) is 0 Å². The first-order valence-corrected chi connectivity index (χ1v) is 7.76. The van der Waals surface area contributed by atoms with E-state index in [4.69, 9.17) is 11.6 Å². The van der Waals surface area contributed by atoms with Crippen molar-refractivity contribution in [3.63, 3.8) is 0 Å². The summed E-state index contributed by atoms with van der Waals surface area (Å²) in [6, 6.07) is 6.26. The van der Waals surface area contributed by atoms with E-state index in [1.54, 1.807) is 12.1 Å². The number of benzene rings is 1. The van der Waals surface area contributed by atoms with Gasteiger partial charge in [0, 0.05) is 6.54 Å². The second-order valence-corrected chi connectivity index (χ2v) is 6.83. The van der Waals surface area contributed by atoms with E-state index in [2.05, 4.69) is 4.72 Å². The van der Waals surface area contributed by atoms with Crippen LogP contribution >= 0.6 is 11.6 Å². The van der Waals surface area contributed by atoms with Crippen molar-refractivity contribution in [3.8, 4) is 0 Å². The third-order valence-electron chi connectivity index (χ3n) is 3.25. The Balaban J connectivity index is 2.11. The first-order chi connectivity index (χ1) is 8.43. The van der Waals surface area contributed by atoms with Gasteiger partial charge in [-0.3, -0.25) is 0 Å². The van der Waals surface area contributed by atoms with Gasteiger partial charge in [-0.25, -0.2) is 13.1 Å². The van der Waals surface area contributed by atoms with E-state index in [0.29, 0.717) is 12.8 Å². The Morgan fingerprint density at radius 2 is 1.89 bits per heavy atom. The Bertz CT molecular complexity index is 524. The summed E-state index contributed by atoms with van der Waals surface area (Å²) in [5.74, 6) is 0. The molecule has 0 radical (unpaired) electrons. The number of sulfonamides is 1. The SMILES string of the molecule is O=S(=O)(NCC1(O)CCCC1)c1ccccc1Cl. The summed E-state index contributed by atoms with van der Waals surface area (Å²) in [4.78, 5) is 0.0493. The number of nitrogens with one attached hydrogen (secondary N) is 1. The highest BCUT2D eigenvalue weighted by molar-refractivity contribution is 7.89. The van der Waals surface area contributed by atoms with Crippen LogP contribution in [-0.4, -0.2) is 25.7 Å². The smallest absolute Gasteiger partial charge is 0.242 e. The van der Waals surface area contributed by atoms with Crippen LogP contribution in [0.15, 0.2) is 29.2 Å². The number of halogens is 1. The zero-order valence-corrected chi connectivity index (χ0v) is 11.5. The quantitative estimate of drug-likeness (QED) is 0.890. The number of hydrogen-bond acceptors (Lipinski definition) is 3. The molecule has 0 heterocycles. The van der Waals surface area contributed by atoms with Crippen molar-refractivity contribution in [2.24, 2.45) is 0 Å². The van der Waals surface area contributed by atoms with Crippen LogP contribution in [0.3, 0.4) is 0 Å². The van der Waals surface area contributed by atoms with Gasteiger partial charge in [-0.05, 0) is 25.0 Å². The Morgan fingerprint density at radius 3 is 2.50 bits per heavy atom. The van der Waals surface area contributed by atoms with Crippen LogP contribution in [0.2, 0.25) is 5.02 Å². The molecule has 0 aromatic heterocycles. The lowest BCUT2D eigenvalue weighted by atomic mass is 10.0. The molecule has 6 heteroatoms. The zero-order valence-electron chi connectivity index (χ0n) is 9.89. The second-order valence-electron chi connectivity index (χ2n) is 4.69. The maximum Gasteiger partial charge on any atom is 0.242 e. The summed E-state index contributed by atoms with van der Waals surface area (Å²) in [5.41, 5.74) is -0.908. The van der Waals surface area contributed by atoms with E-state index in [9.17, 15) is 13.5 Å². The van der Waals surface area contributed by atoms with Crippen molar-refractivity contribution in [3.05, 3.63) is 29.3 Å². The number of aliphatic hydroxyl groups is 1. The first-order valence-electron chi connectivity index (χ1n) is 5.90. The van der Waals surface area contributed by atoms with Gasteiger partial charge in [0.15, 0.2) is 0 Å². The maximum atomic E-state index is 12.0. The molecule has 0 amide bonds. The van der Waals surface area contributed by atoms with Crippen LogP contribution < -0.4 is 4.72 Å². The predicted molar refractivity (Wildman–Crippen MR) is 70.1 cm³/mol. The second kappa shape index (κ2) is 5.17. The fourth-order valence-electron chi connectivity index (χ4n) is 2.18. The standard InChI is InChI=1S/C12H16ClNO3S/c13-10-5-1-2-6-11(10)18(16,17)14-9-12(15)7-3-4-8-12/h1-2,5-6,14-15H,3-4,7-9H2. The monoisotopic (exact) mass is 289 g/mol. The average Bonchev–Trinajstić information content (AvgIpc) is 2.75. The lowest BCUT2D eigenvalue weighted by molar-refractivity contribution is 0.0532. The van der Waals surface area contributed by atoms with Crippen molar-refractivity contribution in [2.45, 2.75) is 36.2 Å². The molecule has 1 aromatic carbocycles. The van der Waals surface area contributed by atoms with Crippen LogP contribution in [0.1, 0.15) is 25.7 Å². The molecule has 0 saturated heterocycles. The molecule has 1 fully saturated rings. The maximum absolute atomic E-state index is 12.0. The highest BCUT2D eigenvalue weighted by Gasteiger charge is 2.32. The van der Waals surface area contributed by atoms with E-state index in [1.165, 1.54) is 12.1 Å². The van der Waals surface area contributed by atoms with Crippen molar-refractivity contribution in [2.75, 3.05) is 6.54 Å².